The Morgan fingerprint density at radius 3 is 2.37 bits per heavy atom. The SMILES string of the molecule is Cc1ccccc1C(=O)COc1cccc(C)c1C. The summed E-state index contributed by atoms with van der Waals surface area (Å²) >= 11 is 0. The van der Waals surface area contributed by atoms with Gasteiger partial charge in [-0.05, 0) is 43.5 Å². The third-order valence-electron chi connectivity index (χ3n) is 3.36. The van der Waals surface area contributed by atoms with Crippen LogP contribution in [0.4, 0.5) is 0 Å². The molecule has 0 unspecified atom stereocenters. The Labute approximate surface area is 114 Å². The summed E-state index contributed by atoms with van der Waals surface area (Å²) in [6.07, 6.45) is 0. The van der Waals surface area contributed by atoms with E-state index in [0.29, 0.717) is 0 Å². The van der Waals surface area contributed by atoms with Crippen LogP contribution in [0.25, 0.3) is 0 Å². The Morgan fingerprint density at radius 1 is 0.947 bits per heavy atom. The number of hydrogen-bond donors (Lipinski definition) is 0. The molecule has 2 rings (SSSR count). The maximum absolute atomic E-state index is 12.1. The van der Waals surface area contributed by atoms with Gasteiger partial charge in [0, 0.05) is 5.56 Å². The molecule has 2 aromatic rings. The first-order chi connectivity index (χ1) is 9.09. The third-order valence-corrected chi connectivity index (χ3v) is 3.36. The molecule has 0 amide bonds. The van der Waals surface area contributed by atoms with Crippen LogP contribution in [0.1, 0.15) is 27.0 Å². The summed E-state index contributed by atoms with van der Waals surface area (Å²) in [5, 5.41) is 0. The van der Waals surface area contributed by atoms with Crippen LogP contribution < -0.4 is 4.74 Å². The molecule has 0 aliphatic heterocycles. The molecule has 0 aliphatic rings. The van der Waals surface area contributed by atoms with E-state index >= 15 is 0 Å². The number of carbonyl (C=O) groups excluding carboxylic acids is 1. The standard InChI is InChI=1S/C17H18O2/c1-12-8-6-10-17(14(12)3)19-11-16(18)15-9-5-4-7-13(15)2/h4-10H,11H2,1-3H3. The maximum Gasteiger partial charge on any atom is 0.200 e. The summed E-state index contributed by atoms with van der Waals surface area (Å²) < 4.78 is 5.64. The van der Waals surface area contributed by atoms with E-state index in [1.54, 1.807) is 0 Å². The highest BCUT2D eigenvalue weighted by Crippen LogP contribution is 2.20. The second-order valence-corrected chi connectivity index (χ2v) is 4.72. The van der Waals surface area contributed by atoms with Gasteiger partial charge in [-0.2, -0.15) is 0 Å². The highest BCUT2D eigenvalue weighted by atomic mass is 16.5. The quantitative estimate of drug-likeness (QED) is 0.774. The van der Waals surface area contributed by atoms with Gasteiger partial charge in [0.1, 0.15) is 5.75 Å². The number of hydrogen-bond acceptors (Lipinski definition) is 2. The van der Waals surface area contributed by atoms with Crippen molar-refractivity contribution >= 4 is 5.78 Å². The van der Waals surface area contributed by atoms with Crippen molar-refractivity contribution in [3.63, 3.8) is 0 Å². The average molecular weight is 254 g/mol. The largest absolute Gasteiger partial charge is 0.485 e. The normalized spacial score (nSPS) is 10.3. The first-order valence-corrected chi connectivity index (χ1v) is 6.37. The molecule has 98 valence electrons. The topological polar surface area (TPSA) is 26.3 Å². The first kappa shape index (κ1) is 13.3. The lowest BCUT2D eigenvalue weighted by molar-refractivity contribution is 0.0920. The minimum Gasteiger partial charge on any atom is -0.485 e. The molecule has 0 fully saturated rings. The summed E-state index contributed by atoms with van der Waals surface area (Å²) in [5.74, 6) is 0.793. The van der Waals surface area contributed by atoms with E-state index in [9.17, 15) is 4.79 Å². The molecule has 2 aromatic carbocycles. The fraction of sp³-hybridized carbons (Fsp3) is 0.235. The molecule has 19 heavy (non-hydrogen) atoms. The van der Waals surface area contributed by atoms with E-state index in [4.69, 9.17) is 4.74 Å². The molecule has 0 atom stereocenters. The molecule has 0 saturated heterocycles. The van der Waals surface area contributed by atoms with Gasteiger partial charge in [0.05, 0.1) is 0 Å². The van der Waals surface area contributed by atoms with Gasteiger partial charge in [0.2, 0.25) is 0 Å². The van der Waals surface area contributed by atoms with Crippen molar-refractivity contribution in [2.75, 3.05) is 6.61 Å². The van der Waals surface area contributed by atoms with Crippen LogP contribution in [0, 0.1) is 20.8 Å². The van der Waals surface area contributed by atoms with Crippen LogP contribution >= 0.6 is 0 Å². The number of Topliss-reactive ketones (excluding diaryl/α,β-unsaturated/α-hetero) is 1. The summed E-state index contributed by atoms with van der Waals surface area (Å²) in [4.78, 5) is 12.1. The summed E-state index contributed by atoms with van der Waals surface area (Å²) in [7, 11) is 0. The van der Waals surface area contributed by atoms with Crippen LogP contribution in [-0.4, -0.2) is 12.4 Å². The number of ketones is 1. The van der Waals surface area contributed by atoms with E-state index in [-0.39, 0.29) is 12.4 Å². The Bertz CT molecular complexity index is 600. The lowest BCUT2D eigenvalue weighted by Crippen LogP contribution is -2.13. The van der Waals surface area contributed by atoms with Crippen molar-refractivity contribution in [3.05, 3.63) is 64.7 Å². The van der Waals surface area contributed by atoms with E-state index in [0.717, 1.165) is 22.4 Å². The smallest absolute Gasteiger partial charge is 0.200 e. The zero-order valence-corrected chi connectivity index (χ0v) is 11.6. The van der Waals surface area contributed by atoms with Gasteiger partial charge < -0.3 is 4.74 Å². The highest BCUT2D eigenvalue weighted by Gasteiger charge is 2.10. The Balaban J connectivity index is 2.09. The molecule has 0 aromatic heterocycles. The Morgan fingerprint density at radius 2 is 1.63 bits per heavy atom. The van der Waals surface area contributed by atoms with E-state index < -0.39 is 0 Å². The Hall–Kier alpha value is -2.09. The number of benzene rings is 2. The molecule has 0 heterocycles. The highest BCUT2D eigenvalue weighted by molar-refractivity contribution is 5.98. The summed E-state index contributed by atoms with van der Waals surface area (Å²) in [6, 6.07) is 13.4. The van der Waals surface area contributed by atoms with Crippen LogP contribution in [0.5, 0.6) is 5.75 Å². The van der Waals surface area contributed by atoms with Crippen molar-refractivity contribution in [1.29, 1.82) is 0 Å². The molecule has 0 aliphatic carbocycles. The molecule has 2 nitrogen and oxygen atoms in total. The van der Waals surface area contributed by atoms with Crippen molar-refractivity contribution in [1.82, 2.24) is 0 Å². The molecule has 0 N–H and O–H groups in total. The molecular formula is C17H18O2. The lowest BCUT2D eigenvalue weighted by Gasteiger charge is -2.11. The number of ether oxygens (including phenoxy) is 1. The zero-order valence-electron chi connectivity index (χ0n) is 11.6. The van der Waals surface area contributed by atoms with E-state index in [1.165, 1.54) is 5.56 Å². The molecule has 0 spiro atoms. The molecule has 0 saturated carbocycles. The third kappa shape index (κ3) is 3.02. The van der Waals surface area contributed by atoms with Crippen LogP contribution in [0.15, 0.2) is 42.5 Å². The van der Waals surface area contributed by atoms with Crippen LogP contribution in [-0.2, 0) is 0 Å². The molecule has 2 heteroatoms. The van der Waals surface area contributed by atoms with Gasteiger partial charge in [0.15, 0.2) is 12.4 Å². The van der Waals surface area contributed by atoms with Gasteiger partial charge in [-0.1, -0.05) is 36.4 Å². The number of rotatable bonds is 4. The average Bonchev–Trinajstić information content (AvgIpc) is 2.40. The van der Waals surface area contributed by atoms with Gasteiger partial charge in [-0.3, -0.25) is 4.79 Å². The fourth-order valence-corrected chi connectivity index (χ4v) is 1.99. The molecule has 0 bridgehead atoms. The summed E-state index contributed by atoms with van der Waals surface area (Å²) in [5.41, 5.74) is 3.96. The first-order valence-electron chi connectivity index (χ1n) is 6.37. The molecule has 0 radical (unpaired) electrons. The monoisotopic (exact) mass is 254 g/mol. The summed E-state index contributed by atoms with van der Waals surface area (Å²) in [6.45, 7) is 6.05. The van der Waals surface area contributed by atoms with E-state index in [2.05, 4.69) is 0 Å². The van der Waals surface area contributed by atoms with E-state index in [1.807, 2.05) is 63.2 Å². The number of aryl methyl sites for hydroxylation is 2. The van der Waals surface area contributed by atoms with Crippen molar-refractivity contribution in [2.45, 2.75) is 20.8 Å². The second-order valence-electron chi connectivity index (χ2n) is 4.72. The Kier molecular flexibility index (Phi) is 4.00. The van der Waals surface area contributed by atoms with Gasteiger partial charge in [-0.25, -0.2) is 0 Å². The van der Waals surface area contributed by atoms with Gasteiger partial charge >= 0.3 is 0 Å². The van der Waals surface area contributed by atoms with Gasteiger partial charge in [0.25, 0.3) is 0 Å². The van der Waals surface area contributed by atoms with Crippen LogP contribution in [0.3, 0.4) is 0 Å². The molecular weight excluding hydrogens is 236 g/mol. The minimum atomic E-state index is 0.0130. The fourth-order valence-electron chi connectivity index (χ4n) is 1.99. The minimum absolute atomic E-state index is 0.0130. The maximum atomic E-state index is 12.1. The lowest BCUT2D eigenvalue weighted by atomic mass is 10.1. The number of carbonyl (C=O) groups is 1. The predicted octanol–water partition coefficient (Wildman–Crippen LogP) is 3.87. The van der Waals surface area contributed by atoms with Gasteiger partial charge in [-0.15, -0.1) is 0 Å². The predicted molar refractivity (Wildman–Crippen MR) is 76.9 cm³/mol. The van der Waals surface area contributed by atoms with Crippen molar-refractivity contribution in [2.24, 2.45) is 0 Å². The second kappa shape index (κ2) is 5.70. The van der Waals surface area contributed by atoms with Crippen molar-refractivity contribution < 1.29 is 9.53 Å². The van der Waals surface area contributed by atoms with Crippen molar-refractivity contribution in [3.8, 4) is 5.75 Å². The van der Waals surface area contributed by atoms with Crippen LogP contribution in [0.2, 0.25) is 0 Å². The zero-order chi connectivity index (χ0) is 13.8.